The minimum Gasteiger partial charge on any atom is -0.361 e. The number of halogens is 2. The Morgan fingerprint density at radius 2 is 1.87 bits per heavy atom. The Hall–Kier alpha value is -1.63. The van der Waals surface area contributed by atoms with E-state index in [1.54, 1.807) is 0 Å². The van der Waals surface area contributed by atoms with Gasteiger partial charge in [-0.2, -0.15) is 4.98 Å². The van der Waals surface area contributed by atoms with Gasteiger partial charge in [0.2, 0.25) is 5.95 Å². The summed E-state index contributed by atoms with van der Waals surface area (Å²) in [6, 6.07) is 10.5. The second-order valence-corrected chi connectivity index (χ2v) is 9.94. The largest absolute Gasteiger partial charge is 0.361 e. The molecule has 2 aliphatic rings. The molecule has 1 aromatic carbocycles. The molecule has 1 saturated carbocycles. The monoisotopic (exact) mass is 477 g/mol. The molecule has 4 rings (SSSR count). The predicted octanol–water partition coefficient (Wildman–Crippen LogP) is 5.96. The number of rotatable bonds is 5. The predicted molar refractivity (Wildman–Crippen MR) is 134 cm³/mol. The molecule has 0 radical (unpaired) electrons. The van der Waals surface area contributed by atoms with E-state index in [-0.39, 0.29) is 5.41 Å². The molecular weight excluding hydrogens is 449 g/mol. The number of nitrogens with zero attached hydrogens (tertiary/aromatic N) is 3. The van der Waals surface area contributed by atoms with Crippen LogP contribution in [-0.4, -0.2) is 34.2 Å². The first kappa shape index (κ1) is 22.6. The van der Waals surface area contributed by atoms with Crippen molar-refractivity contribution in [3.63, 3.8) is 0 Å². The summed E-state index contributed by atoms with van der Waals surface area (Å²) in [7, 11) is 0. The molecule has 0 amide bonds. The number of benzene rings is 1. The summed E-state index contributed by atoms with van der Waals surface area (Å²) in [4.78, 5) is 11.3. The first-order valence-electron chi connectivity index (χ1n) is 11.1. The molecule has 2 heterocycles. The minimum absolute atomic E-state index is 0.0694. The lowest BCUT2D eigenvalue weighted by Crippen LogP contribution is -2.41. The van der Waals surface area contributed by atoms with Crippen LogP contribution in [0.5, 0.6) is 0 Å². The second kappa shape index (κ2) is 9.88. The first-order valence-corrected chi connectivity index (χ1v) is 12.2. The summed E-state index contributed by atoms with van der Waals surface area (Å²) in [5.74, 6) is 1.29. The van der Waals surface area contributed by atoms with Crippen molar-refractivity contribution in [1.82, 2.24) is 15.3 Å². The van der Waals surface area contributed by atoms with Crippen molar-refractivity contribution in [3.8, 4) is 0 Å². The van der Waals surface area contributed by atoms with E-state index in [1.165, 1.54) is 31.2 Å². The highest BCUT2D eigenvalue weighted by atomic mass is 35.5. The number of thiocarbonyl (C=S) groups is 1. The Morgan fingerprint density at radius 3 is 2.58 bits per heavy atom. The molecule has 2 aromatic rings. The highest BCUT2D eigenvalue weighted by molar-refractivity contribution is 7.80. The molecule has 0 bridgehead atoms. The van der Waals surface area contributed by atoms with E-state index in [0.717, 1.165) is 43.2 Å². The molecule has 0 spiro atoms. The summed E-state index contributed by atoms with van der Waals surface area (Å²) in [5, 5.41) is 8.24. The second-order valence-electron chi connectivity index (χ2n) is 8.71. The normalized spacial score (nSPS) is 20.5. The molecule has 1 aliphatic heterocycles. The number of nitrogens with one attached hydrogen (secondary N) is 2. The molecule has 1 unspecified atom stereocenters. The fourth-order valence-corrected chi connectivity index (χ4v) is 5.33. The Labute approximate surface area is 199 Å². The SMILES string of the molecule is CC1CCCCN1c1cc(Cl)nc(NC(=S)NCC2(c3ccc(Cl)cc3)CCCC2)n1. The van der Waals surface area contributed by atoms with E-state index in [1.807, 2.05) is 18.2 Å². The fourth-order valence-electron chi connectivity index (χ4n) is 4.87. The van der Waals surface area contributed by atoms with Gasteiger partial charge in [-0.25, -0.2) is 4.98 Å². The van der Waals surface area contributed by atoms with Crippen molar-refractivity contribution >= 4 is 52.3 Å². The molecule has 1 saturated heterocycles. The maximum Gasteiger partial charge on any atom is 0.232 e. The maximum absolute atomic E-state index is 6.30. The third-order valence-corrected chi connectivity index (χ3v) is 7.30. The van der Waals surface area contributed by atoms with Gasteiger partial charge in [-0.3, -0.25) is 0 Å². The topological polar surface area (TPSA) is 53.1 Å². The Kier molecular flexibility index (Phi) is 7.19. The van der Waals surface area contributed by atoms with Crippen molar-refractivity contribution in [2.45, 2.75) is 63.3 Å². The van der Waals surface area contributed by atoms with Crippen molar-refractivity contribution < 1.29 is 0 Å². The number of anilines is 2. The van der Waals surface area contributed by atoms with Crippen LogP contribution < -0.4 is 15.5 Å². The highest BCUT2D eigenvalue weighted by Crippen LogP contribution is 2.41. The van der Waals surface area contributed by atoms with E-state index >= 15 is 0 Å². The Balaban J connectivity index is 1.43. The standard InChI is InChI=1S/C23H29Cl2N5S/c1-16-6-2-5-13-30(16)20-14-19(25)27-21(28-20)29-22(31)26-15-23(11-3-4-12-23)17-7-9-18(24)10-8-17/h7-10,14,16H,2-6,11-13,15H2,1H3,(H2,26,27,28,29,31). The average molecular weight is 478 g/mol. The maximum atomic E-state index is 6.30. The van der Waals surface area contributed by atoms with Gasteiger partial charge in [0.15, 0.2) is 5.11 Å². The highest BCUT2D eigenvalue weighted by Gasteiger charge is 2.35. The summed E-state index contributed by atoms with van der Waals surface area (Å²) < 4.78 is 0. The summed E-state index contributed by atoms with van der Waals surface area (Å²) in [5.41, 5.74) is 1.38. The molecule has 1 aromatic heterocycles. The van der Waals surface area contributed by atoms with E-state index in [2.05, 4.69) is 44.6 Å². The van der Waals surface area contributed by atoms with Crippen molar-refractivity contribution in [3.05, 3.63) is 46.1 Å². The van der Waals surface area contributed by atoms with Crippen LogP contribution in [0.25, 0.3) is 0 Å². The molecule has 1 aliphatic carbocycles. The zero-order valence-corrected chi connectivity index (χ0v) is 20.2. The number of hydrogen-bond acceptors (Lipinski definition) is 4. The zero-order chi connectivity index (χ0) is 21.8. The molecule has 166 valence electrons. The van der Waals surface area contributed by atoms with Crippen LogP contribution in [0.2, 0.25) is 10.2 Å². The van der Waals surface area contributed by atoms with Crippen LogP contribution >= 0.6 is 35.4 Å². The lowest BCUT2D eigenvalue weighted by molar-refractivity contribution is 0.435. The van der Waals surface area contributed by atoms with Gasteiger partial charge in [0, 0.05) is 35.6 Å². The van der Waals surface area contributed by atoms with E-state index < -0.39 is 0 Å². The van der Waals surface area contributed by atoms with E-state index in [0.29, 0.717) is 22.3 Å². The molecule has 5 nitrogen and oxygen atoms in total. The molecule has 2 N–H and O–H groups in total. The summed E-state index contributed by atoms with van der Waals surface area (Å²) >= 11 is 18.0. The van der Waals surface area contributed by atoms with Crippen molar-refractivity contribution in [2.75, 3.05) is 23.3 Å². The summed E-state index contributed by atoms with van der Waals surface area (Å²) in [6.45, 7) is 3.98. The minimum atomic E-state index is 0.0694. The van der Waals surface area contributed by atoms with Gasteiger partial charge in [-0.1, -0.05) is 48.2 Å². The third-order valence-electron chi connectivity index (χ3n) is 6.61. The van der Waals surface area contributed by atoms with Crippen LogP contribution in [0.15, 0.2) is 30.3 Å². The van der Waals surface area contributed by atoms with E-state index in [9.17, 15) is 0 Å². The van der Waals surface area contributed by atoms with Gasteiger partial charge in [0.25, 0.3) is 0 Å². The number of hydrogen-bond donors (Lipinski definition) is 2. The quantitative estimate of drug-likeness (QED) is 0.409. The van der Waals surface area contributed by atoms with Gasteiger partial charge in [-0.15, -0.1) is 0 Å². The van der Waals surface area contributed by atoms with Crippen LogP contribution in [0.1, 0.15) is 57.4 Å². The Bertz CT molecular complexity index is 915. The van der Waals surface area contributed by atoms with Gasteiger partial charge >= 0.3 is 0 Å². The van der Waals surface area contributed by atoms with Gasteiger partial charge < -0.3 is 15.5 Å². The molecule has 2 fully saturated rings. The van der Waals surface area contributed by atoms with E-state index in [4.69, 9.17) is 35.4 Å². The Morgan fingerprint density at radius 1 is 1.13 bits per heavy atom. The molecule has 1 atom stereocenters. The van der Waals surface area contributed by atoms with Crippen molar-refractivity contribution in [1.29, 1.82) is 0 Å². The first-order chi connectivity index (χ1) is 14.9. The summed E-state index contributed by atoms with van der Waals surface area (Å²) in [6.07, 6.45) is 8.30. The van der Waals surface area contributed by atoms with Crippen molar-refractivity contribution in [2.24, 2.45) is 0 Å². The van der Waals surface area contributed by atoms with Gasteiger partial charge in [0.1, 0.15) is 11.0 Å². The lowest BCUT2D eigenvalue weighted by atomic mass is 9.79. The number of piperidine rings is 1. The van der Waals surface area contributed by atoms with Gasteiger partial charge in [-0.05, 0) is 68.9 Å². The van der Waals surface area contributed by atoms with Gasteiger partial charge in [0.05, 0.1) is 0 Å². The molecule has 8 heteroatoms. The lowest BCUT2D eigenvalue weighted by Gasteiger charge is -2.34. The van der Waals surface area contributed by atoms with Crippen LogP contribution in [0.3, 0.4) is 0 Å². The molecular formula is C23H29Cl2N5S. The third kappa shape index (κ3) is 5.41. The fraction of sp³-hybridized carbons (Fsp3) is 0.522. The zero-order valence-electron chi connectivity index (χ0n) is 17.8. The van der Waals surface area contributed by atoms with Crippen LogP contribution in [0, 0.1) is 0 Å². The average Bonchev–Trinajstić information content (AvgIpc) is 3.23. The van der Waals surface area contributed by atoms with Crippen LogP contribution in [0.4, 0.5) is 11.8 Å². The number of aromatic nitrogens is 2. The molecule has 31 heavy (non-hydrogen) atoms. The van der Waals surface area contributed by atoms with Crippen LogP contribution in [-0.2, 0) is 5.41 Å². The smallest absolute Gasteiger partial charge is 0.232 e.